The van der Waals surface area contributed by atoms with Gasteiger partial charge in [0.15, 0.2) is 0 Å². The number of halogens is 2. The van der Waals surface area contributed by atoms with Crippen molar-refractivity contribution in [2.24, 2.45) is 0 Å². The van der Waals surface area contributed by atoms with E-state index in [2.05, 4.69) is 0 Å². The van der Waals surface area contributed by atoms with Gasteiger partial charge in [-0.25, -0.2) is 8.78 Å². The Morgan fingerprint density at radius 1 is 1.35 bits per heavy atom. The Bertz CT molecular complexity index is 626. The van der Waals surface area contributed by atoms with E-state index in [9.17, 15) is 8.78 Å². The Morgan fingerprint density at radius 2 is 2.06 bits per heavy atom. The first-order valence-electron chi connectivity index (χ1n) is 4.79. The normalized spacial score (nSPS) is 10.2. The molecule has 0 atom stereocenters. The molecular weight excluding hydrogens is 226 g/mol. The molecule has 86 valence electrons. The van der Waals surface area contributed by atoms with Crippen molar-refractivity contribution in [1.82, 2.24) is 0 Å². The van der Waals surface area contributed by atoms with E-state index in [1.54, 1.807) is 0 Å². The van der Waals surface area contributed by atoms with E-state index in [4.69, 9.17) is 15.4 Å². The molecule has 5 heteroatoms. The third-order valence-electron chi connectivity index (χ3n) is 2.42. The highest BCUT2D eigenvalue weighted by molar-refractivity contribution is 5.77. The molecule has 1 heterocycles. The first kappa shape index (κ1) is 11.1. The number of nitrogen functional groups attached to an aromatic ring is 1. The molecule has 1 aromatic carbocycles. The van der Waals surface area contributed by atoms with E-state index < -0.39 is 11.6 Å². The van der Waals surface area contributed by atoms with Crippen LogP contribution in [0.2, 0.25) is 0 Å². The van der Waals surface area contributed by atoms with Crippen LogP contribution in [-0.2, 0) is 0 Å². The number of aryl methyl sites for hydroxylation is 1. The van der Waals surface area contributed by atoms with E-state index in [-0.39, 0.29) is 28.3 Å². The maximum absolute atomic E-state index is 13.6. The Hall–Kier alpha value is -2.35. The molecule has 2 aromatic rings. The minimum atomic E-state index is -0.633. The van der Waals surface area contributed by atoms with Crippen LogP contribution in [-0.4, -0.2) is 0 Å². The van der Waals surface area contributed by atoms with Crippen LogP contribution in [0.15, 0.2) is 22.6 Å². The number of rotatable bonds is 1. The molecule has 0 unspecified atom stereocenters. The summed E-state index contributed by atoms with van der Waals surface area (Å²) in [6.07, 6.45) is 0. The second kappa shape index (κ2) is 3.91. The lowest BCUT2D eigenvalue weighted by molar-refractivity contribution is 0.553. The molecule has 0 fully saturated rings. The van der Waals surface area contributed by atoms with Gasteiger partial charge in [-0.2, -0.15) is 5.26 Å². The van der Waals surface area contributed by atoms with Gasteiger partial charge in [-0.05, 0) is 25.1 Å². The van der Waals surface area contributed by atoms with Crippen LogP contribution < -0.4 is 5.73 Å². The van der Waals surface area contributed by atoms with Crippen LogP contribution in [0.25, 0.3) is 11.1 Å². The van der Waals surface area contributed by atoms with Crippen LogP contribution in [0.3, 0.4) is 0 Å². The van der Waals surface area contributed by atoms with Crippen molar-refractivity contribution >= 4 is 5.88 Å². The van der Waals surface area contributed by atoms with Gasteiger partial charge in [0.2, 0.25) is 5.88 Å². The van der Waals surface area contributed by atoms with Gasteiger partial charge in [0, 0.05) is 11.1 Å². The maximum atomic E-state index is 13.6. The van der Waals surface area contributed by atoms with Gasteiger partial charge in [0.25, 0.3) is 0 Å². The van der Waals surface area contributed by atoms with E-state index in [1.165, 1.54) is 6.92 Å². The smallest absolute Gasteiger partial charge is 0.209 e. The van der Waals surface area contributed by atoms with Gasteiger partial charge in [0.05, 0.1) is 0 Å². The highest BCUT2D eigenvalue weighted by atomic mass is 19.1. The fourth-order valence-electron chi connectivity index (χ4n) is 1.69. The van der Waals surface area contributed by atoms with Crippen LogP contribution in [0.1, 0.15) is 11.3 Å². The second-order valence-electron chi connectivity index (χ2n) is 3.51. The largest absolute Gasteiger partial charge is 0.444 e. The SMILES string of the molecule is Cc1oc(N)c(C#N)c1-c1cc(F)ccc1F. The van der Waals surface area contributed by atoms with Crippen LogP contribution in [0, 0.1) is 29.9 Å². The molecule has 0 amide bonds. The molecule has 0 spiro atoms. The topological polar surface area (TPSA) is 62.9 Å². The van der Waals surface area contributed by atoms with E-state index >= 15 is 0 Å². The average molecular weight is 234 g/mol. The molecule has 0 aliphatic carbocycles. The molecule has 0 bridgehead atoms. The molecule has 2 rings (SSSR count). The van der Waals surface area contributed by atoms with Crippen molar-refractivity contribution in [2.45, 2.75) is 6.92 Å². The van der Waals surface area contributed by atoms with Crippen LogP contribution >= 0.6 is 0 Å². The third kappa shape index (κ3) is 1.74. The van der Waals surface area contributed by atoms with Crippen molar-refractivity contribution in [1.29, 1.82) is 5.26 Å². The number of nitrogens with two attached hydrogens (primary N) is 1. The van der Waals surface area contributed by atoms with Gasteiger partial charge in [-0.15, -0.1) is 0 Å². The number of anilines is 1. The molecular formula is C12H8F2N2O. The number of nitriles is 1. The van der Waals surface area contributed by atoms with E-state index in [0.717, 1.165) is 18.2 Å². The summed E-state index contributed by atoms with van der Waals surface area (Å²) in [6.45, 7) is 1.54. The lowest BCUT2D eigenvalue weighted by Crippen LogP contribution is -1.90. The van der Waals surface area contributed by atoms with Gasteiger partial charge in [-0.1, -0.05) is 0 Å². The van der Waals surface area contributed by atoms with Crippen molar-refractivity contribution in [2.75, 3.05) is 5.73 Å². The number of hydrogen-bond acceptors (Lipinski definition) is 3. The monoisotopic (exact) mass is 234 g/mol. The number of hydrogen-bond donors (Lipinski definition) is 1. The summed E-state index contributed by atoms with van der Waals surface area (Å²) in [7, 11) is 0. The van der Waals surface area contributed by atoms with Crippen molar-refractivity contribution in [3.05, 3.63) is 41.2 Å². The van der Waals surface area contributed by atoms with Crippen LogP contribution in [0.4, 0.5) is 14.7 Å². The zero-order valence-corrected chi connectivity index (χ0v) is 8.92. The highest BCUT2D eigenvalue weighted by Gasteiger charge is 2.20. The fraction of sp³-hybridized carbons (Fsp3) is 0.0833. The predicted octanol–water partition coefficient (Wildman–Crippen LogP) is 2.99. The Kier molecular flexibility index (Phi) is 2.56. The second-order valence-corrected chi connectivity index (χ2v) is 3.51. The molecule has 0 aliphatic rings. The predicted molar refractivity (Wildman–Crippen MR) is 57.9 cm³/mol. The van der Waals surface area contributed by atoms with Crippen LogP contribution in [0.5, 0.6) is 0 Å². The standard InChI is InChI=1S/C12H8F2N2O/c1-6-11(9(5-15)12(16)17-6)8-4-7(13)2-3-10(8)14/h2-4H,16H2,1H3. The summed E-state index contributed by atoms with van der Waals surface area (Å²) in [6, 6.07) is 4.83. The van der Waals surface area contributed by atoms with Crippen molar-refractivity contribution in [3.8, 4) is 17.2 Å². The third-order valence-corrected chi connectivity index (χ3v) is 2.42. The van der Waals surface area contributed by atoms with Gasteiger partial charge in [0.1, 0.15) is 29.0 Å². The fourth-order valence-corrected chi connectivity index (χ4v) is 1.69. The summed E-state index contributed by atoms with van der Waals surface area (Å²) in [5.74, 6) is -1.04. The van der Waals surface area contributed by atoms with Crippen molar-refractivity contribution < 1.29 is 13.2 Å². The summed E-state index contributed by atoms with van der Waals surface area (Å²) >= 11 is 0. The summed E-state index contributed by atoms with van der Waals surface area (Å²) in [5, 5.41) is 8.93. The zero-order valence-electron chi connectivity index (χ0n) is 8.92. The molecule has 17 heavy (non-hydrogen) atoms. The molecule has 0 radical (unpaired) electrons. The van der Waals surface area contributed by atoms with E-state index in [0.29, 0.717) is 0 Å². The minimum absolute atomic E-state index is 0.0204. The van der Waals surface area contributed by atoms with Gasteiger partial charge in [-0.3, -0.25) is 0 Å². The van der Waals surface area contributed by atoms with Gasteiger partial charge < -0.3 is 10.2 Å². The quantitative estimate of drug-likeness (QED) is 0.824. The van der Waals surface area contributed by atoms with Crippen molar-refractivity contribution in [3.63, 3.8) is 0 Å². The molecule has 0 saturated carbocycles. The molecule has 0 aliphatic heterocycles. The Labute approximate surface area is 96.1 Å². The lowest BCUT2D eigenvalue weighted by Gasteiger charge is -2.02. The lowest BCUT2D eigenvalue weighted by atomic mass is 10.0. The first-order valence-corrected chi connectivity index (χ1v) is 4.79. The summed E-state index contributed by atoms with van der Waals surface area (Å²) in [5.41, 5.74) is 5.66. The zero-order chi connectivity index (χ0) is 12.6. The molecule has 2 N–H and O–H groups in total. The Morgan fingerprint density at radius 3 is 2.71 bits per heavy atom. The highest BCUT2D eigenvalue weighted by Crippen LogP contribution is 2.35. The molecule has 0 saturated heterocycles. The molecule has 1 aromatic heterocycles. The van der Waals surface area contributed by atoms with E-state index in [1.807, 2.05) is 6.07 Å². The first-order chi connectivity index (χ1) is 8.04. The number of benzene rings is 1. The van der Waals surface area contributed by atoms with Gasteiger partial charge >= 0.3 is 0 Å². The average Bonchev–Trinajstić information content (AvgIpc) is 2.56. The number of furan rings is 1. The maximum Gasteiger partial charge on any atom is 0.209 e. The minimum Gasteiger partial charge on any atom is -0.444 e. The summed E-state index contributed by atoms with van der Waals surface area (Å²) in [4.78, 5) is 0. The summed E-state index contributed by atoms with van der Waals surface area (Å²) < 4.78 is 31.7. The molecule has 3 nitrogen and oxygen atoms in total. The number of nitrogens with zero attached hydrogens (tertiary/aromatic N) is 1. The Balaban J connectivity index is 2.77.